The van der Waals surface area contributed by atoms with Crippen LogP contribution < -0.4 is 0 Å². The molecule has 1 aromatic heterocycles. The molecule has 0 saturated heterocycles. The molecule has 13 aromatic carbocycles. The Morgan fingerprint density at radius 3 is 1.06 bits per heavy atom. The van der Waals surface area contributed by atoms with Crippen molar-refractivity contribution in [3.8, 4) is 83.6 Å². The number of aromatic nitrogens is 1. The average Bonchev–Trinajstić information content (AvgIpc) is 2.38. The topological polar surface area (TPSA) is 4.93 Å². The second kappa shape index (κ2) is 17.6. The van der Waals surface area contributed by atoms with Gasteiger partial charge in [0.05, 0.1) is 21.9 Å². The first kappa shape index (κ1) is 45.7. The summed E-state index contributed by atoms with van der Waals surface area (Å²) in [6.07, 6.45) is 0. The maximum absolute atomic E-state index is 2.57. The summed E-state index contributed by atoms with van der Waals surface area (Å²) in [6.45, 7) is 0. The molecule has 0 radical (unpaired) electrons. The molecule has 0 aliphatic heterocycles. The van der Waals surface area contributed by atoms with Gasteiger partial charge in [-0.2, -0.15) is 0 Å². The molecule has 0 saturated carbocycles. The molecular formula is C80H51N. The molecule has 0 atom stereocenters. The predicted octanol–water partition coefficient (Wildman–Crippen LogP) is 20.2. The van der Waals surface area contributed by atoms with Gasteiger partial charge in [0, 0.05) is 16.5 Å². The smallest absolute Gasteiger partial charge is 0.0720 e. The summed E-state index contributed by atoms with van der Waals surface area (Å²) in [5, 5.41) is 2.45. The number of hydrogen-bond acceptors (Lipinski definition) is 0. The standard InChI is InChI=1S/C80H51N/c1-5-20-52(21-6-1)56-36-42-61(43-37-56)81-76-46-40-57(53-22-7-2-8-23-53)48-66(76)67-49-60(41-47-77(67)81)62-31-19-35-73-78(62)65-30-15-18-34-70(65)80(73)71-44-38-58(54-24-9-3-10-25-54)50-74(71)79(68-32-16-13-28-63(68)64-29-14-17-33-69(64)79)75-51-59(39-45-72(75)80)55-26-11-4-12-27-55/h1-51H. The third-order valence-corrected chi connectivity index (χ3v) is 18.3. The SMILES string of the molecule is c1ccc(-c2ccc(-n3c4ccc(-c5ccccc5)cc4c4cc(-c5cccc6c5-c5ccccc5C65c6ccc(-c7ccccc7)cc6C6(c7ccccc7-c7ccccc76)c6cc(-c7ccccc7)ccc65)ccc43)cc2)cc1. The van der Waals surface area contributed by atoms with Gasteiger partial charge in [0.2, 0.25) is 0 Å². The predicted molar refractivity (Wildman–Crippen MR) is 336 cm³/mol. The van der Waals surface area contributed by atoms with E-state index in [1.54, 1.807) is 0 Å². The van der Waals surface area contributed by atoms with Gasteiger partial charge in [0.1, 0.15) is 0 Å². The number of hydrogen-bond donors (Lipinski definition) is 0. The Labute approximate surface area is 472 Å². The normalized spacial score (nSPS) is 13.6. The Balaban J connectivity index is 0.946. The summed E-state index contributed by atoms with van der Waals surface area (Å²) in [7, 11) is 0. The van der Waals surface area contributed by atoms with Gasteiger partial charge in [-0.15, -0.1) is 0 Å². The Bertz CT molecular complexity index is 4700. The van der Waals surface area contributed by atoms with E-state index in [2.05, 4.69) is 314 Å². The van der Waals surface area contributed by atoms with Crippen LogP contribution in [0.15, 0.2) is 309 Å². The van der Waals surface area contributed by atoms with Gasteiger partial charge in [-0.05, 0) is 171 Å². The van der Waals surface area contributed by atoms with E-state index in [4.69, 9.17) is 0 Å². The quantitative estimate of drug-likeness (QED) is 0.156. The Hall–Kier alpha value is -10.3. The van der Waals surface area contributed by atoms with Crippen LogP contribution >= 0.6 is 0 Å². The van der Waals surface area contributed by atoms with Crippen molar-refractivity contribution in [3.63, 3.8) is 0 Å². The van der Waals surface area contributed by atoms with Crippen LogP contribution in [0.5, 0.6) is 0 Å². The third-order valence-electron chi connectivity index (χ3n) is 18.3. The zero-order chi connectivity index (χ0) is 53.2. The van der Waals surface area contributed by atoms with Crippen LogP contribution in [-0.4, -0.2) is 4.57 Å². The number of rotatable bonds is 6. The Kier molecular flexibility index (Phi) is 9.91. The maximum atomic E-state index is 2.57. The molecular weight excluding hydrogens is 975 g/mol. The highest BCUT2D eigenvalue weighted by Gasteiger charge is 2.59. The molecule has 1 nitrogen and oxygen atoms in total. The van der Waals surface area contributed by atoms with Crippen LogP contribution in [0.1, 0.15) is 44.5 Å². The molecule has 0 bridgehead atoms. The number of nitrogens with zero attached hydrogens (tertiary/aromatic N) is 1. The number of fused-ring (bicyclic) bond motifs is 19. The lowest BCUT2D eigenvalue weighted by atomic mass is 9.52. The van der Waals surface area contributed by atoms with E-state index in [9.17, 15) is 0 Å². The molecule has 0 unspecified atom stereocenters. The number of benzene rings is 13. The first-order chi connectivity index (χ1) is 40.2. The van der Waals surface area contributed by atoms with Crippen molar-refractivity contribution in [2.24, 2.45) is 0 Å². The first-order valence-electron chi connectivity index (χ1n) is 28.3. The van der Waals surface area contributed by atoms with Gasteiger partial charge < -0.3 is 4.57 Å². The van der Waals surface area contributed by atoms with Crippen molar-refractivity contribution in [3.05, 3.63) is 354 Å². The third kappa shape index (κ3) is 6.43. The van der Waals surface area contributed by atoms with E-state index in [1.165, 1.54) is 144 Å². The molecule has 17 rings (SSSR count). The molecule has 3 aliphatic carbocycles. The molecule has 1 heteroatoms. The van der Waals surface area contributed by atoms with E-state index in [0.717, 1.165) is 5.69 Å². The molecule has 1 heterocycles. The van der Waals surface area contributed by atoms with Crippen molar-refractivity contribution in [2.45, 2.75) is 10.8 Å². The zero-order valence-corrected chi connectivity index (χ0v) is 44.4. The highest BCUT2D eigenvalue weighted by atomic mass is 15.0. The summed E-state index contributed by atoms with van der Waals surface area (Å²) in [4.78, 5) is 0. The van der Waals surface area contributed by atoms with Crippen molar-refractivity contribution >= 4 is 21.8 Å². The fraction of sp³-hybridized carbons (Fsp3) is 0.0250. The van der Waals surface area contributed by atoms with Crippen LogP contribution in [0.4, 0.5) is 0 Å². The van der Waals surface area contributed by atoms with Crippen molar-refractivity contribution in [1.82, 2.24) is 4.57 Å². The van der Waals surface area contributed by atoms with E-state index >= 15 is 0 Å². The summed E-state index contributed by atoms with van der Waals surface area (Å²) in [6, 6.07) is 117. The monoisotopic (exact) mass is 1030 g/mol. The van der Waals surface area contributed by atoms with Gasteiger partial charge in [-0.25, -0.2) is 0 Å². The van der Waals surface area contributed by atoms with E-state index in [-0.39, 0.29) is 0 Å². The summed E-state index contributed by atoms with van der Waals surface area (Å²) in [5.41, 5.74) is 30.0. The van der Waals surface area contributed by atoms with Crippen LogP contribution in [-0.2, 0) is 10.8 Å². The molecule has 14 aromatic rings. The Morgan fingerprint density at radius 1 is 0.198 bits per heavy atom. The Morgan fingerprint density at radius 2 is 0.543 bits per heavy atom. The molecule has 376 valence electrons. The van der Waals surface area contributed by atoms with Crippen molar-refractivity contribution in [2.75, 3.05) is 0 Å². The lowest BCUT2D eigenvalue weighted by molar-refractivity contribution is 0.633. The second-order valence-corrected chi connectivity index (χ2v) is 22.2. The largest absolute Gasteiger partial charge is 0.309 e. The lowest BCUT2D eigenvalue weighted by Crippen LogP contribution is -2.44. The first-order valence-corrected chi connectivity index (χ1v) is 28.3. The lowest BCUT2D eigenvalue weighted by Gasteiger charge is -2.49. The van der Waals surface area contributed by atoms with Crippen LogP contribution in [0.2, 0.25) is 0 Å². The molecule has 2 spiro atoms. The van der Waals surface area contributed by atoms with Crippen LogP contribution in [0, 0.1) is 0 Å². The van der Waals surface area contributed by atoms with Gasteiger partial charge in [-0.1, -0.05) is 261 Å². The van der Waals surface area contributed by atoms with Gasteiger partial charge >= 0.3 is 0 Å². The molecule has 0 N–H and O–H groups in total. The minimum absolute atomic E-state index is 0.631. The van der Waals surface area contributed by atoms with Gasteiger partial charge in [-0.3, -0.25) is 0 Å². The van der Waals surface area contributed by atoms with Crippen molar-refractivity contribution in [1.29, 1.82) is 0 Å². The summed E-state index contributed by atoms with van der Waals surface area (Å²) < 4.78 is 2.45. The van der Waals surface area contributed by atoms with Gasteiger partial charge in [0.25, 0.3) is 0 Å². The summed E-state index contributed by atoms with van der Waals surface area (Å²) in [5.74, 6) is 0. The highest BCUT2D eigenvalue weighted by molar-refractivity contribution is 6.12. The van der Waals surface area contributed by atoms with E-state index < -0.39 is 10.8 Å². The molecule has 81 heavy (non-hydrogen) atoms. The van der Waals surface area contributed by atoms with E-state index in [1.807, 2.05) is 0 Å². The molecule has 0 amide bonds. The fourth-order valence-electron chi connectivity index (χ4n) is 15.0. The molecule has 3 aliphatic rings. The highest BCUT2D eigenvalue weighted by Crippen LogP contribution is 2.68. The minimum atomic E-state index is -0.675. The second-order valence-electron chi connectivity index (χ2n) is 22.2. The van der Waals surface area contributed by atoms with E-state index in [0.29, 0.717) is 0 Å². The molecule has 0 fully saturated rings. The minimum Gasteiger partial charge on any atom is -0.309 e. The fourth-order valence-corrected chi connectivity index (χ4v) is 15.0. The summed E-state index contributed by atoms with van der Waals surface area (Å²) >= 11 is 0. The van der Waals surface area contributed by atoms with Crippen LogP contribution in [0.3, 0.4) is 0 Å². The maximum Gasteiger partial charge on any atom is 0.0720 e. The zero-order valence-electron chi connectivity index (χ0n) is 44.4. The van der Waals surface area contributed by atoms with Crippen LogP contribution in [0.25, 0.3) is 105 Å². The average molecular weight is 1030 g/mol. The van der Waals surface area contributed by atoms with Crippen molar-refractivity contribution < 1.29 is 0 Å². The van der Waals surface area contributed by atoms with Gasteiger partial charge in [0.15, 0.2) is 0 Å².